The average Bonchev–Trinajstić information content (AvgIpc) is 3.92. The van der Waals surface area contributed by atoms with Gasteiger partial charge >= 0.3 is 0 Å². The molecule has 0 spiro atoms. The predicted octanol–water partition coefficient (Wildman–Crippen LogP) is 13.7. The van der Waals surface area contributed by atoms with Gasteiger partial charge in [-0.05, 0) is 83.9 Å². The molecule has 4 nitrogen and oxygen atoms in total. The van der Waals surface area contributed by atoms with Crippen molar-refractivity contribution in [3.05, 3.63) is 206 Å². The van der Waals surface area contributed by atoms with E-state index in [9.17, 15) is 0 Å². The largest absolute Gasteiger partial charge is 0.309 e. The molecule has 0 saturated heterocycles. The predicted molar refractivity (Wildman–Crippen MR) is 238 cm³/mol. The zero-order chi connectivity index (χ0) is 37.5. The second-order valence-electron chi connectivity index (χ2n) is 14.8. The van der Waals surface area contributed by atoms with Gasteiger partial charge in [-0.1, -0.05) is 133 Å². The van der Waals surface area contributed by atoms with Gasteiger partial charge in [0.2, 0.25) is 0 Å². The molecule has 266 valence electrons. The van der Waals surface area contributed by atoms with Crippen LogP contribution in [-0.2, 0) is 0 Å². The minimum atomic E-state index is 0.879. The Labute approximate surface area is 328 Å². The summed E-state index contributed by atoms with van der Waals surface area (Å²) in [5, 5.41) is 7.33. The second kappa shape index (κ2) is 12.4. The fourth-order valence-electron chi connectivity index (χ4n) is 9.11. The molecular formula is C53H34N4. The summed E-state index contributed by atoms with van der Waals surface area (Å²) < 4.78 is 7.17. The van der Waals surface area contributed by atoms with Gasteiger partial charge in [-0.25, -0.2) is 4.98 Å². The van der Waals surface area contributed by atoms with E-state index in [2.05, 4.69) is 220 Å². The summed E-state index contributed by atoms with van der Waals surface area (Å²) in [5.41, 5.74) is 13.5. The Kier molecular flexibility index (Phi) is 6.89. The molecule has 0 unspecified atom stereocenters. The molecule has 0 saturated carbocycles. The first-order valence-electron chi connectivity index (χ1n) is 19.5. The molecule has 0 aliphatic rings. The van der Waals surface area contributed by atoms with Crippen molar-refractivity contribution in [1.29, 1.82) is 0 Å². The molecule has 8 aromatic carbocycles. The molecule has 4 heterocycles. The van der Waals surface area contributed by atoms with Gasteiger partial charge in [0.25, 0.3) is 0 Å². The third-order valence-corrected chi connectivity index (χ3v) is 11.6. The summed E-state index contributed by atoms with van der Waals surface area (Å²) in [6.45, 7) is 0. The third kappa shape index (κ3) is 4.84. The number of benzene rings is 8. The first-order valence-corrected chi connectivity index (χ1v) is 19.5. The molecular weight excluding hydrogens is 693 g/mol. The fraction of sp³-hybridized carbons (Fsp3) is 0. The van der Waals surface area contributed by atoms with Gasteiger partial charge in [-0.15, -0.1) is 0 Å². The average molecular weight is 727 g/mol. The van der Waals surface area contributed by atoms with Crippen LogP contribution in [0.25, 0.3) is 105 Å². The highest BCUT2D eigenvalue weighted by Gasteiger charge is 2.20. The topological polar surface area (TPSA) is 27.7 Å². The molecule has 0 bridgehead atoms. The van der Waals surface area contributed by atoms with Crippen molar-refractivity contribution in [3.63, 3.8) is 0 Å². The molecule has 0 radical (unpaired) electrons. The van der Waals surface area contributed by atoms with Crippen molar-refractivity contribution >= 4 is 65.4 Å². The maximum absolute atomic E-state index is 5.43. The van der Waals surface area contributed by atoms with Crippen LogP contribution in [0.2, 0.25) is 0 Å². The lowest BCUT2D eigenvalue weighted by Gasteiger charge is -2.14. The quantitative estimate of drug-likeness (QED) is 0.174. The van der Waals surface area contributed by atoms with Crippen molar-refractivity contribution in [1.82, 2.24) is 18.7 Å². The molecule has 0 amide bonds. The van der Waals surface area contributed by atoms with Crippen molar-refractivity contribution in [3.8, 4) is 39.6 Å². The lowest BCUT2D eigenvalue weighted by molar-refractivity contribution is 1.08. The summed E-state index contributed by atoms with van der Waals surface area (Å²) in [4.78, 5) is 5.43. The minimum absolute atomic E-state index is 0.879. The van der Waals surface area contributed by atoms with Crippen LogP contribution in [0.4, 0.5) is 0 Å². The van der Waals surface area contributed by atoms with E-state index in [1.807, 2.05) is 0 Å². The lowest BCUT2D eigenvalue weighted by Crippen LogP contribution is -2.01. The molecule has 0 fully saturated rings. The molecule has 4 heteroatoms. The Morgan fingerprint density at radius 2 is 0.649 bits per heavy atom. The van der Waals surface area contributed by atoms with E-state index in [1.54, 1.807) is 0 Å². The van der Waals surface area contributed by atoms with Gasteiger partial charge in [-0.3, -0.25) is 4.57 Å². The highest BCUT2D eigenvalue weighted by molar-refractivity contribution is 6.14. The van der Waals surface area contributed by atoms with E-state index >= 15 is 0 Å². The van der Waals surface area contributed by atoms with Crippen LogP contribution in [0, 0.1) is 0 Å². The number of rotatable bonds is 5. The van der Waals surface area contributed by atoms with Crippen molar-refractivity contribution in [2.45, 2.75) is 0 Å². The zero-order valence-corrected chi connectivity index (χ0v) is 30.9. The van der Waals surface area contributed by atoms with Gasteiger partial charge < -0.3 is 9.13 Å². The normalized spacial score (nSPS) is 11.9. The van der Waals surface area contributed by atoms with Crippen LogP contribution in [0.15, 0.2) is 206 Å². The third-order valence-electron chi connectivity index (χ3n) is 11.6. The van der Waals surface area contributed by atoms with Gasteiger partial charge in [0, 0.05) is 49.3 Å². The number of hydrogen-bond donors (Lipinski definition) is 0. The maximum atomic E-state index is 5.43. The summed E-state index contributed by atoms with van der Waals surface area (Å²) >= 11 is 0. The first kappa shape index (κ1) is 31.6. The fourth-order valence-corrected chi connectivity index (χ4v) is 9.11. The van der Waals surface area contributed by atoms with E-state index in [-0.39, 0.29) is 0 Å². The van der Waals surface area contributed by atoms with Crippen LogP contribution in [0.1, 0.15) is 0 Å². The van der Waals surface area contributed by atoms with Crippen LogP contribution < -0.4 is 0 Å². The highest BCUT2D eigenvalue weighted by Crippen LogP contribution is 2.40. The Morgan fingerprint density at radius 3 is 1.11 bits per heavy atom. The molecule has 0 atom stereocenters. The first-order chi connectivity index (χ1) is 28.3. The molecule has 57 heavy (non-hydrogen) atoms. The van der Waals surface area contributed by atoms with Crippen molar-refractivity contribution in [2.24, 2.45) is 0 Å². The molecule has 12 aromatic rings. The van der Waals surface area contributed by atoms with Crippen LogP contribution in [0.3, 0.4) is 0 Å². The van der Waals surface area contributed by atoms with Crippen LogP contribution in [-0.4, -0.2) is 18.7 Å². The summed E-state index contributed by atoms with van der Waals surface area (Å²) in [5.74, 6) is 0.879. The molecule has 0 aliphatic carbocycles. The van der Waals surface area contributed by atoms with E-state index in [1.165, 1.54) is 54.4 Å². The molecule has 0 aliphatic heterocycles. The van der Waals surface area contributed by atoms with Crippen LogP contribution >= 0.6 is 0 Å². The molecule has 4 aromatic heterocycles. The number of hydrogen-bond acceptors (Lipinski definition) is 1. The number of nitrogens with zero attached hydrogens (tertiary/aromatic N) is 4. The van der Waals surface area contributed by atoms with E-state index in [4.69, 9.17) is 4.98 Å². The van der Waals surface area contributed by atoms with Gasteiger partial charge in [0.15, 0.2) is 0 Å². The van der Waals surface area contributed by atoms with Crippen molar-refractivity contribution in [2.75, 3.05) is 0 Å². The number of fused-ring (bicyclic) bond motifs is 9. The van der Waals surface area contributed by atoms with E-state index < -0.39 is 0 Å². The zero-order valence-electron chi connectivity index (χ0n) is 30.9. The van der Waals surface area contributed by atoms with E-state index in [0.29, 0.717) is 0 Å². The monoisotopic (exact) mass is 726 g/mol. The van der Waals surface area contributed by atoms with Gasteiger partial charge in [0.05, 0.1) is 38.8 Å². The Bertz CT molecular complexity index is 3180. The van der Waals surface area contributed by atoms with Crippen LogP contribution in [0.5, 0.6) is 0 Å². The van der Waals surface area contributed by atoms with Gasteiger partial charge in [0.1, 0.15) is 5.82 Å². The van der Waals surface area contributed by atoms with Gasteiger partial charge in [-0.2, -0.15) is 0 Å². The Morgan fingerprint density at radius 1 is 0.263 bits per heavy atom. The smallest absolute Gasteiger partial charge is 0.138 e. The lowest BCUT2D eigenvalue weighted by atomic mass is 10.0. The summed E-state index contributed by atoms with van der Waals surface area (Å²) in [6, 6.07) is 74.3. The minimum Gasteiger partial charge on any atom is -0.309 e. The highest BCUT2D eigenvalue weighted by atomic mass is 15.1. The van der Waals surface area contributed by atoms with Crippen molar-refractivity contribution < 1.29 is 0 Å². The maximum Gasteiger partial charge on any atom is 0.138 e. The Balaban J connectivity index is 1.18. The summed E-state index contributed by atoms with van der Waals surface area (Å²) in [6.07, 6.45) is 0. The number of pyridine rings is 1. The number of aromatic nitrogens is 4. The molecule has 12 rings (SSSR count). The standard InChI is InChI=1S/C53H34N4/c1-3-15-35(16-4-1)37-31-46(36-17-5-2-6-18-36)54-53(32-37)57-51-29-27-38(55-47-23-11-7-19-40(47)41-20-8-12-24-48(41)55)33-44(51)45-34-39(28-30-52(45)57)56-49-25-13-9-21-42(49)43-22-10-14-26-50(43)56/h1-34H. The Hall–Kier alpha value is -7.69. The SMILES string of the molecule is c1ccc(-c2cc(-c3ccccc3)nc(-n3c4ccc(-n5c6ccccc6c6ccccc65)cc4c4cc(-n5c6ccccc6c6ccccc65)ccc43)c2)cc1. The second-order valence-corrected chi connectivity index (χ2v) is 14.8. The molecule has 0 N–H and O–H groups in total. The number of para-hydroxylation sites is 4. The van der Waals surface area contributed by atoms with E-state index in [0.717, 1.165) is 50.6 Å². The summed E-state index contributed by atoms with van der Waals surface area (Å²) in [7, 11) is 0.